The van der Waals surface area contributed by atoms with Crippen LogP contribution in [0, 0.1) is 25.2 Å². The fraction of sp³-hybridized carbons (Fsp3) is 0.276. The highest BCUT2D eigenvalue weighted by molar-refractivity contribution is 6.31. The number of pyridine rings is 2. The minimum atomic E-state index is -0.634. The van der Waals surface area contributed by atoms with Gasteiger partial charge in [0.15, 0.2) is 5.69 Å². The van der Waals surface area contributed by atoms with Gasteiger partial charge in [0.05, 0.1) is 22.3 Å². The van der Waals surface area contributed by atoms with Gasteiger partial charge in [-0.15, -0.1) is 0 Å². The van der Waals surface area contributed by atoms with E-state index in [1.807, 2.05) is 58.9 Å². The van der Waals surface area contributed by atoms with Gasteiger partial charge < -0.3 is 10.1 Å². The number of para-hydroxylation sites is 1. The fourth-order valence-electron chi connectivity index (χ4n) is 4.18. The van der Waals surface area contributed by atoms with Crippen molar-refractivity contribution in [2.45, 2.75) is 53.2 Å². The van der Waals surface area contributed by atoms with Crippen LogP contribution in [0.5, 0.6) is 0 Å². The van der Waals surface area contributed by atoms with Gasteiger partial charge in [0.1, 0.15) is 17.3 Å². The number of hydrogen-bond donors (Lipinski definition) is 1. The largest absolute Gasteiger partial charge is 0.456 e. The quantitative estimate of drug-likeness (QED) is 0.314. The van der Waals surface area contributed by atoms with E-state index in [-0.39, 0.29) is 22.3 Å². The first-order valence-corrected chi connectivity index (χ1v) is 12.5. The van der Waals surface area contributed by atoms with E-state index in [9.17, 15) is 14.9 Å². The molecule has 0 bridgehead atoms. The Hall–Kier alpha value is -4.22. The average Bonchev–Trinajstić information content (AvgIpc) is 2.85. The number of nitrogens with zero attached hydrogens (tertiary/aromatic N) is 4. The van der Waals surface area contributed by atoms with E-state index in [1.165, 1.54) is 10.6 Å². The third kappa shape index (κ3) is 5.38. The van der Waals surface area contributed by atoms with Gasteiger partial charge in [-0.2, -0.15) is 5.26 Å². The Morgan fingerprint density at radius 1 is 1.21 bits per heavy atom. The maximum Gasteiger partial charge on any atom is 0.340 e. The lowest BCUT2D eigenvalue weighted by molar-refractivity contribution is 0.00706. The van der Waals surface area contributed by atoms with Crippen LogP contribution in [0.4, 0.5) is 5.69 Å². The summed E-state index contributed by atoms with van der Waals surface area (Å²) in [5.74, 6) is -0.431. The van der Waals surface area contributed by atoms with E-state index in [0.717, 1.165) is 11.1 Å². The van der Waals surface area contributed by atoms with E-state index in [2.05, 4.69) is 10.3 Å². The Morgan fingerprint density at radius 2 is 1.92 bits per heavy atom. The van der Waals surface area contributed by atoms with E-state index in [1.54, 1.807) is 31.3 Å². The molecule has 0 aliphatic heterocycles. The first kappa shape index (κ1) is 26.8. The highest BCUT2D eigenvalue weighted by Gasteiger charge is 2.22. The molecule has 0 saturated heterocycles. The summed E-state index contributed by atoms with van der Waals surface area (Å²) in [5, 5.41) is 12.8. The molecule has 0 radical (unpaired) electrons. The molecule has 4 aromatic rings. The lowest BCUT2D eigenvalue weighted by Gasteiger charge is -2.23. The molecule has 8 nitrogen and oxygen atoms in total. The molecule has 1 N–H and O–H groups in total. The number of aryl methyl sites for hydroxylation is 1. The number of carbonyl (C=O) groups is 1. The van der Waals surface area contributed by atoms with Gasteiger partial charge in [-0.05, 0) is 71.4 Å². The summed E-state index contributed by atoms with van der Waals surface area (Å²) >= 11 is 6.22. The molecule has 9 heteroatoms. The molecule has 3 aromatic heterocycles. The van der Waals surface area contributed by atoms with Crippen molar-refractivity contribution in [3.05, 3.63) is 92.1 Å². The Bertz CT molecular complexity index is 1660. The number of benzene rings is 1. The average molecular weight is 530 g/mol. The molecular weight excluding hydrogens is 502 g/mol. The van der Waals surface area contributed by atoms with Crippen LogP contribution in [0.3, 0.4) is 0 Å². The fourth-order valence-corrected chi connectivity index (χ4v) is 4.38. The summed E-state index contributed by atoms with van der Waals surface area (Å²) in [6.07, 6.45) is 3.23. The Kier molecular flexibility index (Phi) is 7.25. The minimum Gasteiger partial charge on any atom is -0.456 e. The van der Waals surface area contributed by atoms with Crippen LogP contribution >= 0.6 is 11.6 Å². The highest BCUT2D eigenvalue weighted by Crippen LogP contribution is 2.29. The molecule has 1 unspecified atom stereocenters. The first-order valence-electron chi connectivity index (χ1n) is 12.1. The van der Waals surface area contributed by atoms with Crippen LogP contribution in [0.25, 0.3) is 16.9 Å². The summed E-state index contributed by atoms with van der Waals surface area (Å²) in [7, 11) is 0. The number of nitrogens with one attached hydrogen (secondary N) is 1. The van der Waals surface area contributed by atoms with Gasteiger partial charge >= 0.3 is 5.97 Å². The zero-order valence-electron chi connectivity index (χ0n) is 22.1. The second-order valence-electron chi connectivity index (χ2n) is 10.1. The second-order valence-corrected chi connectivity index (χ2v) is 10.5. The summed E-state index contributed by atoms with van der Waals surface area (Å²) in [4.78, 5) is 35.3. The first-order chi connectivity index (χ1) is 17.9. The van der Waals surface area contributed by atoms with Crippen LogP contribution < -0.4 is 10.9 Å². The number of carbonyl (C=O) groups excluding carboxylic acids is 1. The molecule has 0 aliphatic rings. The molecule has 0 amide bonds. The van der Waals surface area contributed by atoms with Crippen LogP contribution in [0.1, 0.15) is 66.5 Å². The summed E-state index contributed by atoms with van der Waals surface area (Å²) < 4.78 is 7.12. The van der Waals surface area contributed by atoms with Crippen molar-refractivity contribution in [1.29, 1.82) is 5.26 Å². The van der Waals surface area contributed by atoms with Crippen LogP contribution in [0.15, 0.2) is 53.6 Å². The number of rotatable bonds is 5. The van der Waals surface area contributed by atoms with Crippen molar-refractivity contribution in [1.82, 2.24) is 14.4 Å². The molecule has 4 rings (SSSR count). The molecule has 0 aliphatic carbocycles. The van der Waals surface area contributed by atoms with Crippen molar-refractivity contribution in [3.63, 3.8) is 0 Å². The molecule has 0 fully saturated rings. The molecule has 0 saturated carbocycles. The predicted octanol–water partition coefficient (Wildman–Crippen LogP) is 6.03. The maximum absolute atomic E-state index is 13.4. The predicted molar refractivity (Wildman–Crippen MR) is 148 cm³/mol. The molecule has 0 spiro atoms. The van der Waals surface area contributed by atoms with Gasteiger partial charge in [-0.25, -0.2) is 14.8 Å². The molecule has 38 heavy (non-hydrogen) atoms. The maximum atomic E-state index is 13.4. The van der Waals surface area contributed by atoms with Gasteiger partial charge in [-0.3, -0.25) is 9.20 Å². The topological polar surface area (TPSA) is 109 Å². The number of anilines is 1. The van der Waals surface area contributed by atoms with Gasteiger partial charge in [0.25, 0.3) is 5.56 Å². The van der Waals surface area contributed by atoms with E-state index in [4.69, 9.17) is 21.3 Å². The number of fused-ring (bicyclic) bond motifs is 1. The molecular formula is C29H28ClN5O3. The third-order valence-electron chi connectivity index (χ3n) is 5.92. The molecule has 3 heterocycles. The van der Waals surface area contributed by atoms with E-state index < -0.39 is 11.6 Å². The standard InChI is InChI=1S/C29H28ClN5O3/c1-16-11-21(18(3)33-23-10-8-7-9-20(23)28(37)38-29(4,5)6)26-34-25(17(2)27(36)35(26)15-16)19-12-22(30)24(13-31)32-14-19/h7-12,14-15,18,33H,1-6H3. The molecule has 1 atom stereocenters. The minimum absolute atomic E-state index is 0.100. The lowest BCUT2D eigenvalue weighted by atomic mass is 10.0. The number of hydrogen-bond acceptors (Lipinski definition) is 7. The Morgan fingerprint density at radius 3 is 2.58 bits per heavy atom. The third-order valence-corrected chi connectivity index (χ3v) is 6.21. The van der Waals surface area contributed by atoms with Gasteiger partial charge in [-0.1, -0.05) is 23.7 Å². The summed E-state index contributed by atoms with van der Waals surface area (Å²) in [6.45, 7) is 11.0. The summed E-state index contributed by atoms with van der Waals surface area (Å²) in [5.41, 5.74) is 3.74. The molecule has 1 aromatic carbocycles. The van der Waals surface area contributed by atoms with Crippen LogP contribution in [0.2, 0.25) is 5.02 Å². The van der Waals surface area contributed by atoms with Crippen molar-refractivity contribution >= 4 is 28.9 Å². The zero-order valence-corrected chi connectivity index (χ0v) is 22.8. The lowest BCUT2D eigenvalue weighted by Crippen LogP contribution is -2.25. The number of nitriles is 1. The SMILES string of the molecule is Cc1cc(C(C)Nc2ccccc2C(=O)OC(C)(C)C)c2nc(-c3cnc(C#N)c(Cl)c3)c(C)c(=O)n2c1. The normalized spacial score (nSPS) is 12.2. The smallest absolute Gasteiger partial charge is 0.340 e. The Labute approximate surface area is 225 Å². The van der Waals surface area contributed by atoms with E-state index in [0.29, 0.717) is 33.7 Å². The van der Waals surface area contributed by atoms with Crippen LogP contribution in [-0.4, -0.2) is 25.9 Å². The van der Waals surface area contributed by atoms with Crippen molar-refractivity contribution in [2.75, 3.05) is 5.32 Å². The van der Waals surface area contributed by atoms with Crippen LogP contribution in [-0.2, 0) is 4.74 Å². The Balaban J connectivity index is 1.83. The number of halogens is 1. The van der Waals surface area contributed by atoms with Gasteiger partial charge in [0, 0.05) is 34.8 Å². The highest BCUT2D eigenvalue weighted by atomic mass is 35.5. The number of aromatic nitrogens is 3. The monoisotopic (exact) mass is 529 g/mol. The number of esters is 1. The van der Waals surface area contributed by atoms with E-state index >= 15 is 0 Å². The second kappa shape index (κ2) is 10.3. The van der Waals surface area contributed by atoms with Gasteiger partial charge in [0.2, 0.25) is 0 Å². The molecule has 194 valence electrons. The van der Waals surface area contributed by atoms with Crippen molar-refractivity contribution in [3.8, 4) is 17.3 Å². The number of ether oxygens (including phenoxy) is 1. The van der Waals surface area contributed by atoms with Crippen molar-refractivity contribution < 1.29 is 9.53 Å². The van der Waals surface area contributed by atoms with Crippen molar-refractivity contribution in [2.24, 2.45) is 0 Å². The zero-order chi connectivity index (χ0) is 27.8. The summed E-state index contributed by atoms with van der Waals surface area (Å²) in [6, 6.07) is 12.3.